The van der Waals surface area contributed by atoms with E-state index in [0.717, 1.165) is 24.5 Å². The van der Waals surface area contributed by atoms with Crippen LogP contribution in [0.3, 0.4) is 0 Å². The number of aryl methyl sites for hydroxylation is 1. The van der Waals surface area contributed by atoms with E-state index in [2.05, 4.69) is 31.5 Å². The number of hydrogen-bond acceptors (Lipinski definition) is 4. The molecule has 2 N–H and O–H groups in total. The fourth-order valence-corrected chi connectivity index (χ4v) is 2.63. The molecule has 1 rings (SSSR count). The summed E-state index contributed by atoms with van der Waals surface area (Å²) in [5.41, 5.74) is 1.25. The number of benzene rings is 1. The minimum atomic E-state index is -0.471. The zero-order valence-corrected chi connectivity index (χ0v) is 13.6. The monoisotopic (exact) mass is 297 g/mol. The first-order valence-corrected chi connectivity index (χ1v) is 8.64. The Bertz CT molecular complexity index is 373. The molecule has 0 saturated carbocycles. The first-order chi connectivity index (χ1) is 9.65. The van der Waals surface area contributed by atoms with Crippen molar-refractivity contribution < 1.29 is 9.84 Å². The molecule has 0 aliphatic heterocycles. The van der Waals surface area contributed by atoms with Crippen LogP contribution in [-0.4, -0.2) is 42.9 Å². The smallest absolute Gasteiger partial charge is 0.119 e. The van der Waals surface area contributed by atoms with Crippen LogP contribution in [0.5, 0.6) is 5.75 Å². The van der Waals surface area contributed by atoms with Crippen LogP contribution in [0.15, 0.2) is 24.3 Å². The number of aliphatic hydroxyl groups is 1. The Hall–Kier alpha value is -0.710. The van der Waals surface area contributed by atoms with Gasteiger partial charge in [0.05, 0.1) is 0 Å². The highest BCUT2D eigenvalue weighted by Gasteiger charge is 2.07. The number of nitrogens with one attached hydrogen (secondary N) is 1. The molecular formula is C16H27NO2S. The van der Waals surface area contributed by atoms with Crippen LogP contribution in [0.1, 0.15) is 19.4 Å². The lowest BCUT2D eigenvalue weighted by Gasteiger charge is -2.15. The van der Waals surface area contributed by atoms with E-state index < -0.39 is 6.10 Å². The summed E-state index contributed by atoms with van der Waals surface area (Å²) >= 11 is 1.85. The third-order valence-electron chi connectivity index (χ3n) is 3.07. The van der Waals surface area contributed by atoms with E-state index in [9.17, 15) is 5.11 Å². The minimum absolute atomic E-state index is 0.330. The van der Waals surface area contributed by atoms with Crippen LogP contribution in [0.25, 0.3) is 0 Å². The number of ether oxygens (including phenoxy) is 1. The summed E-state index contributed by atoms with van der Waals surface area (Å²) in [6, 6.07) is 8.03. The summed E-state index contributed by atoms with van der Waals surface area (Å²) in [4.78, 5) is 0. The van der Waals surface area contributed by atoms with Crippen molar-refractivity contribution in [1.82, 2.24) is 5.32 Å². The maximum Gasteiger partial charge on any atom is 0.119 e. The van der Waals surface area contributed by atoms with Gasteiger partial charge >= 0.3 is 0 Å². The Morgan fingerprint density at radius 2 is 2.15 bits per heavy atom. The minimum Gasteiger partial charge on any atom is -0.491 e. The van der Waals surface area contributed by atoms with Gasteiger partial charge in [0.25, 0.3) is 0 Å². The number of rotatable bonds is 10. The molecule has 0 saturated heterocycles. The Labute approximate surface area is 127 Å². The molecule has 0 aliphatic carbocycles. The third-order valence-corrected chi connectivity index (χ3v) is 3.98. The maximum absolute atomic E-state index is 9.89. The average Bonchev–Trinajstić information content (AvgIpc) is 2.45. The van der Waals surface area contributed by atoms with Gasteiger partial charge in [-0.1, -0.05) is 26.0 Å². The molecule has 4 heteroatoms. The molecular weight excluding hydrogens is 270 g/mol. The van der Waals surface area contributed by atoms with E-state index in [4.69, 9.17) is 4.74 Å². The number of aliphatic hydroxyl groups excluding tert-OH is 1. The van der Waals surface area contributed by atoms with Gasteiger partial charge in [0.15, 0.2) is 0 Å². The molecule has 3 nitrogen and oxygen atoms in total. The highest BCUT2D eigenvalue weighted by molar-refractivity contribution is 7.98. The highest BCUT2D eigenvalue weighted by Crippen LogP contribution is 2.13. The van der Waals surface area contributed by atoms with Crippen molar-refractivity contribution in [3.05, 3.63) is 29.8 Å². The molecule has 2 unspecified atom stereocenters. The normalized spacial score (nSPS) is 14.0. The SMILES string of the molecule is CCc1cccc(OCC(O)CNCC(C)CSC)c1. The van der Waals surface area contributed by atoms with Crippen molar-refractivity contribution in [2.75, 3.05) is 31.7 Å². The van der Waals surface area contributed by atoms with Crippen molar-refractivity contribution in [2.24, 2.45) is 5.92 Å². The zero-order chi connectivity index (χ0) is 14.8. The van der Waals surface area contributed by atoms with Gasteiger partial charge in [-0.3, -0.25) is 0 Å². The topological polar surface area (TPSA) is 41.5 Å². The summed E-state index contributed by atoms with van der Waals surface area (Å²) in [7, 11) is 0. The summed E-state index contributed by atoms with van der Waals surface area (Å²) in [5, 5.41) is 13.2. The molecule has 0 bridgehead atoms. The molecule has 0 aromatic heterocycles. The Morgan fingerprint density at radius 1 is 1.35 bits per heavy atom. The van der Waals surface area contributed by atoms with Crippen molar-refractivity contribution >= 4 is 11.8 Å². The first kappa shape index (κ1) is 17.3. The van der Waals surface area contributed by atoms with Crippen molar-refractivity contribution in [3.8, 4) is 5.75 Å². The van der Waals surface area contributed by atoms with E-state index in [1.165, 1.54) is 5.56 Å². The van der Waals surface area contributed by atoms with Crippen molar-refractivity contribution in [3.63, 3.8) is 0 Å². The summed E-state index contributed by atoms with van der Waals surface area (Å²) in [5.74, 6) is 2.60. The van der Waals surface area contributed by atoms with Gasteiger partial charge in [0.1, 0.15) is 18.5 Å². The molecule has 114 valence electrons. The van der Waals surface area contributed by atoms with E-state index >= 15 is 0 Å². The largest absolute Gasteiger partial charge is 0.491 e. The maximum atomic E-state index is 9.89. The van der Waals surface area contributed by atoms with E-state index in [-0.39, 0.29) is 0 Å². The zero-order valence-electron chi connectivity index (χ0n) is 12.8. The molecule has 0 fully saturated rings. The summed E-state index contributed by atoms with van der Waals surface area (Å²) in [6.45, 7) is 6.17. The molecule has 0 heterocycles. The van der Waals surface area contributed by atoms with Gasteiger partial charge in [-0.25, -0.2) is 0 Å². The standard InChI is InChI=1S/C16H27NO2S/c1-4-14-6-5-7-16(8-14)19-11-15(18)10-17-9-13(2)12-20-3/h5-8,13,15,17-18H,4,9-12H2,1-3H3. The summed E-state index contributed by atoms with van der Waals surface area (Å²) in [6.07, 6.45) is 2.64. The Kier molecular flexibility index (Phi) is 8.74. The molecule has 1 aromatic carbocycles. The lowest BCUT2D eigenvalue weighted by Crippen LogP contribution is -2.34. The highest BCUT2D eigenvalue weighted by atomic mass is 32.2. The molecule has 20 heavy (non-hydrogen) atoms. The van der Waals surface area contributed by atoms with Crippen LogP contribution in [-0.2, 0) is 6.42 Å². The number of thioether (sulfide) groups is 1. The van der Waals surface area contributed by atoms with Gasteiger partial charge < -0.3 is 15.2 Å². The van der Waals surface area contributed by atoms with E-state index in [1.54, 1.807) is 0 Å². The van der Waals surface area contributed by atoms with Crippen molar-refractivity contribution in [2.45, 2.75) is 26.4 Å². The predicted octanol–water partition coefficient (Wildman–Crippen LogP) is 2.58. The second kappa shape index (κ2) is 10.1. The summed E-state index contributed by atoms with van der Waals surface area (Å²) < 4.78 is 5.62. The predicted molar refractivity (Wildman–Crippen MR) is 87.7 cm³/mol. The van der Waals surface area contributed by atoms with Gasteiger partial charge in [0.2, 0.25) is 0 Å². The number of hydrogen-bond donors (Lipinski definition) is 2. The van der Waals surface area contributed by atoms with Crippen LogP contribution < -0.4 is 10.1 Å². The van der Waals surface area contributed by atoms with Gasteiger partial charge in [-0.05, 0) is 48.6 Å². The lowest BCUT2D eigenvalue weighted by atomic mass is 10.2. The van der Waals surface area contributed by atoms with Crippen LogP contribution in [0.2, 0.25) is 0 Å². The molecule has 0 aliphatic rings. The van der Waals surface area contributed by atoms with E-state index in [0.29, 0.717) is 19.1 Å². The van der Waals surface area contributed by atoms with Gasteiger partial charge in [-0.2, -0.15) is 11.8 Å². The quantitative estimate of drug-likeness (QED) is 0.696. The molecule has 0 spiro atoms. The Balaban J connectivity index is 2.20. The van der Waals surface area contributed by atoms with Crippen molar-refractivity contribution in [1.29, 1.82) is 0 Å². The molecule has 0 amide bonds. The molecule has 2 atom stereocenters. The van der Waals surface area contributed by atoms with Gasteiger partial charge in [-0.15, -0.1) is 0 Å². The fraction of sp³-hybridized carbons (Fsp3) is 0.625. The Morgan fingerprint density at radius 3 is 2.85 bits per heavy atom. The average molecular weight is 297 g/mol. The van der Waals surface area contributed by atoms with E-state index in [1.807, 2.05) is 30.0 Å². The first-order valence-electron chi connectivity index (χ1n) is 7.25. The molecule has 0 radical (unpaired) electrons. The lowest BCUT2D eigenvalue weighted by molar-refractivity contribution is 0.106. The third kappa shape index (κ3) is 7.17. The second-order valence-corrected chi connectivity index (χ2v) is 6.10. The van der Waals surface area contributed by atoms with Crippen LogP contribution >= 0.6 is 11.8 Å². The van der Waals surface area contributed by atoms with Gasteiger partial charge in [0, 0.05) is 6.54 Å². The van der Waals surface area contributed by atoms with Crippen LogP contribution in [0.4, 0.5) is 0 Å². The second-order valence-electron chi connectivity index (χ2n) is 5.18. The van der Waals surface area contributed by atoms with Crippen LogP contribution in [0, 0.1) is 5.92 Å². The molecule has 1 aromatic rings. The fourth-order valence-electron chi connectivity index (χ4n) is 1.95.